The third kappa shape index (κ3) is 3.45. The first-order valence-electron chi connectivity index (χ1n) is 4.62. The van der Waals surface area contributed by atoms with E-state index in [1.54, 1.807) is 26.4 Å². The highest BCUT2D eigenvalue weighted by Gasteiger charge is 2.15. The van der Waals surface area contributed by atoms with Gasteiger partial charge in [0.05, 0.1) is 6.04 Å². The molecule has 15 heavy (non-hydrogen) atoms. The Hall–Kier alpha value is -1.20. The zero-order chi connectivity index (χ0) is 11.3. The minimum Gasteiger partial charge on any atom is -0.362 e. The predicted molar refractivity (Wildman–Crippen MR) is 55.1 cm³/mol. The number of ether oxygens (including phenoxy) is 2. The molecule has 0 saturated carbocycles. The van der Waals surface area contributed by atoms with Crippen molar-refractivity contribution in [2.45, 2.75) is 19.3 Å². The Morgan fingerprint density at radius 3 is 2.53 bits per heavy atom. The van der Waals surface area contributed by atoms with Crippen LogP contribution in [0.4, 0.5) is 10.2 Å². The third-order valence-corrected chi connectivity index (χ3v) is 1.96. The second kappa shape index (κ2) is 5.63. The summed E-state index contributed by atoms with van der Waals surface area (Å²) in [6.07, 6.45) is -0.393. The van der Waals surface area contributed by atoms with Crippen LogP contribution < -0.4 is 5.32 Å². The number of rotatable bonds is 5. The Morgan fingerprint density at radius 2 is 2.00 bits per heavy atom. The molecule has 0 bridgehead atoms. The number of nitrogens with zero attached hydrogens (tertiary/aromatic N) is 1. The van der Waals surface area contributed by atoms with Gasteiger partial charge in [-0.1, -0.05) is 6.07 Å². The van der Waals surface area contributed by atoms with E-state index in [9.17, 15) is 4.39 Å². The van der Waals surface area contributed by atoms with E-state index in [0.29, 0.717) is 5.82 Å². The summed E-state index contributed by atoms with van der Waals surface area (Å²) in [5.74, 6) is -0.0554. The topological polar surface area (TPSA) is 43.4 Å². The largest absolute Gasteiger partial charge is 0.362 e. The van der Waals surface area contributed by atoms with E-state index in [0.717, 1.165) is 0 Å². The fourth-order valence-electron chi connectivity index (χ4n) is 1.29. The fraction of sp³-hybridized carbons (Fsp3) is 0.500. The third-order valence-electron chi connectivity index (χ3n) is 1.96. The minimum absolute atomic E-state index is 0.116. The molecule has 0 spiro atoms. The van der Waals surface area contributed by atoms with Crippen LogP contribution in [0, 0.1) is 5.95 Å². The lowest BCUT2D eigenvalue weighted by atomic mass is 10.3. The number of aromatic nitrogens is 1. The Bertz CT molecular complexity index is 305. The number of pyridine rings is 1. The van der Waals surface area contributed by atoms with Crippen LogP contribution in [0.15, 0.2) is 18.2 Å². The number of anilines is 1. The first-order valence-corrected chi connectivity index (χ1v) is 4.62. The van der Waals surface area contributed by atoms with Crippen LogP contribution in [0.25, 0.3) is 0 Å². The van der Waals surface area contributed by atoms with Gasteiger partial charge in [0.15, 0.2) is 6.29 Å². The van der Waals surface area contributed by atoms with Gasteiger partial charge in [-0.05, 0) is 19.1 Å². The Labute approximate surface area is 88.4 Å². The smallest absolute Gasteiger partial charge is 0.214 e. The second-order valence-corrected chi connectivity index (χ2v) is 3.12. The van der Waals surface area contributed by atoms with E-state index < -0.39 is 12.2 Å². The maximum absolute atomic E-state index is 12.8. The molecule has 0 radical (unpaired) electrons. The molecule has 0 fully saturated rings. The first kappa shape index (κ1) is 11.9. The van der Waals surface area contributed by atoms with Gasteiger partial charge in [0.1, 0.15) is 5.82 Å². The van der Waals surface area contributed by atoms with Crippen molar-refractivity contribution in [2.24, 2.45) is 0 Å². The maximum atomic E-state index is 12.8. The molecule has 1 N–H and O–H groups in total. The van der Waals surface area contributed by atoms with Gasteiger partial charge in [-0.2, -0.15) is 4.39 Å². The molecule has 1 atom stereocenters. The molecular weight excluding hydrogens is 199 g/mol. The number of halogens is 1. The van der Waals surface area contributed by atoms with Gasteiger partial charge in [-0.15, -0.1) is 0 Å². The summed E-state index contributed by atoms with van der Waals surface area (Å²) in [5, 5.41) is 2.98. The normalized spacial score (nSPS) is 12.9. The lowest BCUT2D eigenvalue weighted by molar-refractivity contribution is -0.109. The molecule has 1 rings (SSSR count). The van der Waals surface area contributed by atoms with Crippen LogP contribution >= 0.6 is 0 Å². The van der Waals surface area contributed by atoms with Crippen LogP contribution in [0.3, 0.4) is 0 Å². The summed E-state index contributed by atoms with van der Waals surface area (Å²) in [6.45, 7) is 1.87. The molecule has 0 aliphatic heterocycles. The standard InChI is InChI=1S/C10H15FN2O2/c1-7(10(14-2)15-3)12-9-6-4-5-8(11)13-9/h4-7,10H,1-3H3,(H,12,13). The molecule has 84 valence electrons. The van der Waals surface area contributed by atoms with Gasteiger partial charge in [0.2, 0.25) is 5.95 Å². The summed E-state index contributed by atoms with van der Waals surface area (Å²) in [5.41, 5.74) is 0. The van der Waals surface area contributed by atoms with E-state index >= 15 is 0 Å². The van der Waals surface area contributed by atoms with Crippen molar-refractivity contribution < 1.29 is 13.9 Å². The van der Waals surface area contributed by atoms with Crippen molar-refractivity contribution in [3.63, 3.8) is 0 Å². The predicted octanol–water partition coefficient (Wildman–Crippen LogP) is 1.64. The van der Waals surface area contributed by atoms with Crippen molar-refractivity contribution in [2.75, 3.05) is 19.5 Å². The van der Waals surface area contributed by atoms with Gasteiger partial charge in [-0.25, -0.2) is 4.98 Å². The number of nitrogens with one attached hydrogen (secondary N) is 1. The SMILES string of the molecule is COC(OC)C(C)Nc1cccc(F)n1. The Balaban J connectivity index is 2.61. The van der Waals surface area contributed by atoms with Gasteiger partial charge in [-0.3, -0.25) is 0 Å². The Kier molecular flexibility index (Phi) is 4.45. The molecule has 0 amide bonds. The first-order chi connectivity index (χ1) is 7.17. The average molecular weight is 214 g/mol. The molecule has 1 aromatic heterocycles. The van der Waals surface area contributed by atoms with Crippen molar-refractivity contribution in [3.8, 4) is 0 Å². The zero-order valence-corrected chi connectivity index (χ0v) is 9.03. The molecule has 5 heteroatoms. The molecule has 0 aliphatic carbocycles. The molecule has 0 aromatic carbocycles. The van der Waals surface area contributed by atoms with E-state index in [2.05, 4.69) is 10.3 Å². The van der Waals surface area contributed by atoms with Crippen molar-refractivity contribution >= 4 is 5.82 Å². The van der Waals surface area contributed by atoms with Gasteiger partial charge in [0, 0.05) is 14.2 Å². The molecule has 0 saturated heterocycles. The minimum atomic E-state index is -0.515. The van der Waals surface area contributed by atoms with E-state index in [4.69, 9.17) is 9.47 Å². The lowest BCUT2D eigenvalue weighted by Crippen LogP contribution is -2.34. The quantitative estimate of drug-likeness (QED) is 0.597. The molecule has 1 unspecified atom stereocenters. The number of hydrogen-bond acceptors (Lipinski definition) is 4. The molecular formula is C10H15FN2O2. The average Bonchev–Trinajstić information content (AvgIpc) is 2.19. The van der Waals surface area contributed by atoms with Gasteiger partial charge < -0.3 is 14.8 Å². The second-order valence-electron chi connectivity index (χ2n) is 3.12. The highest BCUT2D eigenvalue weighted by atomic mass is 19.1. The van der Waals surface area contributed by atoms with Crippen LogP contribution in [-0.2, 0) is 9.47 Å². The molecule has 1 heterocycles. The van der Waals surface area contributed by atoms with Crippen molar-refractivity contribution in [3.05, 3.63) is 24.1 Å². The summed E-state index contributed by atoms with van der Waals surface area (Å²) < 4.78 is 22.9. The van der Waals surface area contributed by atoms with E-state index in [-0.39, 0.29) is 6.04 Å². The van der Waals surface area contributed by atoms with Crippen molar-refractivity contribution in [1.29, 1.82) is 0 Å². The summed E-state index contributed by atoms with van der Waals surface area (Å²) in [7, 11) is 3.09. The highest BCUT2D eigenvalue weighted by molar-refractivity contribution is 5.34. The zero-order valence-electron chi connectivity index (χ0n) is 9.03. The lowest BCUT2D eigenvalue weighted by Gasteiger charge is -2.22. The molecule has 4 nitrogen and oxygen atoms in total. The monoisotopic (exact) mass is 214 g/mol. The molecule has 0 aliphatic rings. The summed E-state index contributed by atoms with van der Waals surface area (Å²) in [6, 6.07) is 4.45. The van der Waals surface area contributed by atoms with Crippen LogP contribution in [-0.4, -0.2) is 31.5 Å². The van der Waals surface area contributed by atoms with Crippen LogP contribution in [0.5, 0.6) is 0 Å². The van der Waals surface area contributed by atoms with E-state index in [1.165, 1.54) is 6.07 Å². The van der Waals surface area contributed by atoms with Crippen LogP contribution in [0.1, 0.15) is 6.92 Å². The number of hydrogen-bond donors (Lipinski definition) is 1. The van der Waals surface area contributed by atoms with Crippen molar-refractivity contribution in [1.82, 2.24) is 4.98 Å². The number of methoxy groups -OCH3 is 2. The summed E-state index contributed by atoms with van der Waals surface area (Å²) in [4.78, 5) is 3.68. The van der Waals surface area contributed by atoms with Gasteiger partial charge >= 0.3 is 0 Å². The van der Waals surface area contributed by atoms with E-state index in [1.807, 2.05) is 6.92 Å². The summed E-state index contributed by atoms with van der Waals surface area (Å²) >= 11 is 0. The Morgan fingerprint density at radius 1 is 1.33 bits per heavy atom. The maximum Gasteiger partial charge on any atom is 0.214 e. The highest BCUT2D eigenvalue weighted by Crippen LogP contribution is 2.08. The fourth-order valence-corrected chi connectivity index (χ4v) is 1.29. The van der Waals surface area contributed by atoms with Crippen LogP contribution in [0.2, 0.25) is 0 Å². The van der Waals surface area contributed by atoms with Gasteiger partial charge in [0.25, 0.3) is 0 Å². The molecule has 1 aromatic rings.